The van der Waals surface area contributed by atoms with Crippen LogP contribution in [0.5, 0.6) is 11.5 Å². The van der Waals surface area contributed by atoms with E-state index < -0.39 is 0 Å². The minimum absolute atomic E-state index is 0.198. The van der Waals surface area contributed by atoms with Crippen LogP contribution in [-0.4, -0.2) is 6.79 Å². The second-order valence-corrected chi connectivity index (χ2v) is 6.61. The summed E-state index contributed by atoms with van der Waals surface area (Å²) in [7, 11) is 0. The van der Waals surface area contributed by atoms with E-state index >= 15 is 0 Å². The maximum atomic E-state index is 5.63. The molecule has 25 heavy (non-hydrogen) atoms. The Morgan fingerprint density at radius 2 is 1.52 bits per heavy atom. The molecule has 3 aromatic carbocycles. The highest BCUT2D eigenvalue weighted by atomic mass is 16.7. The molecule has 1 aliphatic carbocycles. The molecule has 0 radical (unpaired) electrons. The van der Waals surface area contributed by atoms with Gasteiger partial charge in [0, 0.05) is 5.41 Å². The molecule has 1 atom stereocenters. The van der Waals surface area contributed by atoms with E-state index in [4.69, 9.17) is 9.47 Å². The smallest absolute Gasteiger partial charge is 0.231 e. The summed E-state index contributed by atoms with van der Waals surface area (Å²) in [5, 5.41) is 0. The van der Waals surface area contributed by atoms with Gasteiger partial charge in [-0.3, -0.25) is 0 Å². The van der Waals surface area contributed by atoms with E-state index in [-0.39, 0.29) is 5.41 Å². The Hall–Kier alpha value is -3.00. The Balaban J connectivity index is 1.71. The highest BCUT2D eigenvalue weighted by Crippen LogP contribution is 2.44. The summed E-state index contributed by atoms with van der Waals surface area (Å²) in [4.78, 5) is 0. The molecule has 0 saturated heterocycles. The fourth-order valence-corrected chi connectivity index (χ4v) is 3.92. The Labute approximate surface area is 147 Å². The molecule has 1 heterocycles. The van der Waals surface area contributed by atoms with Crippen LogP contribution in [0.25, 0.3) is 6.08 Å². The third-order valence-electron chi connectivity index (χ3n) is 5.25. The van der Waals surface area contributed by atoms with Gasteiger partial charge in [0.1, 0.15) is 0 Å². The first kappa shape index (κ1) is 14.4. The summed E-state index contributed by atoms with van der Waals surface area (Å²) in [6.45, 7) is 0.301. The van der Waals surface area contributed by atoms with Crippen LogP contribution in [0, 0.1) is 0 Å². The number of ether oxygens (including phenoxy) is 2. The zero-order valence-electron chi connectivity index (χ0n) is 13.8. The lowest BCUT2D eigenvalue weighted by molar-refractivity contribution is 0.174. The summed E-state index contributed by atoms with van der Waals surface area (Å²) < 4.78 is 11.1. The van der Waals surface area contributed by atoms with Gasteiger partial charge >= 0.3 is 0 Å². The topological polar surface area (TPSA) is 18.5 Å². The minimum atomic E-state index is -0.198. The van der Waals surface area contributed by atoms with Crippen LogP contribution in [0.4, 0.5) is 0 Å². The number of benzene rings is 3. The molecular formula is C23H18O2. The van der Waals surface area contributed by atoms with Gasteiger partial charge in [-0.15, -0.1) is 0 Å². The molecule has 0 bridgehead atoms. The number of hydrogen-bond donors (Lipinski definition) is 0. The molecule has 122 valence electrons. The zero-order chi connectivity index (χ0) is 16.7. The van der Waals surface area contributed by atoms with Crippen molar-refractivity contribution in [2.75, 3.05) is 6.79 Å². The second-order valence-electron chi connectivity index (χ2n) is 6.61. The number of hydrogen-bond acceptors (Lipinski definition) is 2. The van der Waals surface area contributed by atoms with Crippen molar-refractivity contribution in [2.24, 2.45) is 0 Å². The average molecular weight is 326 g/mol. The fourth-order valence-electron chi connectivity index (χ4n) is 3.92. The van der Waals surface area contributed by atoms with Gasteiger partial charge in [-0.25, -0.2) is 0 Å². The van der Waals surface area contributed by atoms with Crippen LogP contribution in [0.2, 0.25) is 0 Å². The molecule has 0 N–H and O–H groups in total. The number of rotatable bonds is 2. The molecule has 5 rings (SSSR count). The second kappa shape index (κ2) is 5.52. The molecule has 0 saturated carbocycles. The van der Waals surface area contributed by atoms with E-state index in [0.717, 1.165) is 17.9 Å². The Morgan fingerprint density at radius 1 is 0.720 bits per heavy atom. The van der Waals surface area contributed by atoms with E-state index in [9.17, 15) is 0 Å². The largest absolute Gasteiger partial charge is 0.454 e. The lowest BCUT2D eigenvalue weighted by Gasteiger charge is -2.35. The lowest BCUT2D eigenvalue weighted by atomic mass is 9.67. The van der Waals surface area contributed by atoms with Gasteiger partial charge < -0.3 is 9.47 Å². The molecule has 0 fully saturated rings. The first-order valence-electron chi connectivity index (χ1n) is 8.58. The third kappa shape index (κ3) is 2.25. The van der Waals surface area contributed by atoms with Gasteiger partial charge in [-0.05, 0) is 40.8 Å². The summed E-state index contributed by atoms with van der Waals surface area (Å²) in [6, 6.07) is 25.7. The highest BCUT2D eigenvalue weighted by Gasteiger charge is 2.35. The Morgan fingerprint density at radius 3 is 2.44 bits per heavy atom. The van der Waals surface area contributed by atoms with Crippen LogP contribution < -0.4 is 9.47 Å². The molecule has 1 unspecified atom stereocenters. The van der Waals surface area contributed by atoms with Crippen LogP contribution in [0.15, 0.2) is 78.9 Å². The summed E-state index contributed by atoms with van der Waals surface area (Å²) in [6.07, 6.45) is 5.52. The van der Waals surface area contributed by atoms with Gasteiger partial charge in [-0.2, -0.15) is 0 Å². The standard InChI is InChI=1S/C23H18O2/c1-2-8-19(9-3-1)23(13-12-17-6-4-5-7-18(17)15-23)20-10-11-21-22(14-20)25-16-24-21/h1-14H,15-16H2. The summed E-state index contributed by atoms with van der Waals surface area (Å²) in [5.41, 5.74) is 4.99. The quantitative estimate of drug-likeness (QED) is 0.662. The zero-order valence-corrected chi connectivity index (χ0v) is 13.8. The van der Waals surface area contributed by atoms with E-state index in [1.807, 2.05) is 6.07 Å². The molecule has 0 aromatic heterocycles. The number of allylic oxidation sites excluding steroid dienone is 1. The Bertz CT molecular complexity index is 959. The minimum Gasteiger partial charge on any atom is -0.454 e. The summed E-state index contributed by atoms with van der Waals surface area (Å²) in [5.74, 6) is 1.66. The van der Waals surface area contributed by atoms with Crippen molar-refractivity contribution in [1.82, 2.24) is 0 Å². The normalized spacial score (nSPS) is 20.3. The molecular weight excluding hydrogens is 308 g/mol. The molecule has 2 heteroatoms. The Kier molecular flexibility index (Phi) is 3.17. The average Bonchev–Trinajstić information content (AvgIpc) is 3.16. The van der Waals surface area contributed by atoms with Crippen molar-refractivity contribution in [3.05, 3.63) is 101 Å². The van der Waals surface area contributed by atoms with Crippen LogP contribution >= 0.6 is 0 Å². The van der Waals surface area contributed by atoms with Crippen LogP contribution in [0.1, 0.15) is 22.3 Å². The van der Waals surface area contributed by atoms with Crippen molar-refractivity contribution in [1.29, 1.82) is 0 Å². The van der Waals surface area contributed by atoms with Crippen LogP contribution in [0.3, 0.4) is 0 Å². The van der Waals surface area contributed by atoms with E-state index in [1.165, 1.54) is 22.3 Å². The van der Waals surface area contributed by atoms with Gasteiger partial charge in [0.2, 0.25) is 6.79 Å². The van der Waals surface area contributed by atoms with Gasteiger partial charge in [0.05, 0.1) is 0 Å². The predicted molar refractivity (Wildman–Crippen MR) is 99.0 cm³/mol. The van der Waals surface area contributed by atoms with Crippen molar-refractivity contribution >= 4 is 6.08 Å². The van der Waals surface area contributed by atoms with Gasteiger partial charge in [0.15, 0.2) is 11.5 Å². The SMILES string of the molecule is C1=CC(c2ccccc2)(c2ccc3c(c2)OCO3)Cc2ccccc21. The predicted octanol–water partition coefficient (Wildman–Crippen LogP) is 4.97. The van der Waals surface area contributed by atoms with Crippen LogP contribution in [-0.2, 0) is 11.8 Å². The van der Waals surface area contributed by atoms with Gasteiger partial charge in [-0.1, -0.05) is 72.8 Å². The summed E-state index contributed by atoms with van der Waals surface area (Å²) >= 11 is 0. The van der Waals surface area contributed by atoms with Crippen molar-refractivity contribution in [3.63, 3.8) is 0 Å². The van der Waals surface area contributed by atoms with E-state index in [0.29, 0.717) is 6.79 Å². The molecule has 2 aliphatic rings. The molecule has 0 amide bonds. The molecule has 1 aliphatic heterocycles. The van der Waals surface area contributed by atoms with E-state index in [2.05, 4.69) is 78.9 Å². The number of fused-ring (bicyclic) bond motifs is 2. The third-order valence-corrected chi connectivity index (χ3v) is 5.25. The van der Waals surface area contributed by atoms with Crippen molar-refractivity contribution in [3.8, 4) is 11.5 Å². The van der Waals surface area contributed by atoms with E-state index in [1.54, 1.807) is 0 Å². The maximum absolute atomic E-state index is 5.63. The lowest BCUT2D eigenvalue weighted by Crippen LogP contribution is -2.30. The fraction of sp³-hybridized carbons (Fsp3) is 0.130. The van der Waals surface area contributed by atoms with Gasteiger partial charge in [0.25, 0.3) is 0 Å². The molecule has 2 nitrogen and oxygen atoms in total. The molecule has 3 aromatic rings. The first-order valence-corrected chi connectivity index (χ1v) is 8.58. The highest BCUT2D eigenvalue weighted by molar-refractivity contribution is 5.65. The maximum Gasteiger partial charge on any atom is 0.231 e. The first-order chi connectivity index (χ1) is 12.4. The van der Waals surface area contributed by atoms with Crippen molar-refractivity contribution in [2.45, 2.75) is 11.8 Å². The van der Waals surface area contributed by atoms with Crippen molar-refractivity contribution < 1.29 is 9.47 Å². The molecule has 0 spiro atoms. The monoisotopic (exact) mass is 326 g/mol.